The van der Waals surface area contributed by atoms with Gasteiger partial charge in [-0.05, 0) is 89.9 Å². The smallest absolute Gasteiger partial charge is 0.306 e. The molecule has 0 heterocycles. The van der Waals surface area contributed by atoms with Crippen molar-refractivity contribution in [2.24, 2.45) is 0 Å². The summed E-state index contributed by atoms with van der Waals surface area (Å²) in [4.78, 5) is 38.1. The van der Waals surface area contributed by atoms with Crippen molar-refractivity contribution in [3.05, 3.63) is 60.8 Å². The van der Waals surface area contributed by atoms with Crippen LogP contribution < -0.4 is 0 Å². The Morgan fingerprint density at radius 1 is 0.308 bits per heavy atom. The monoisotopic (exact) mass is 909 g/mol. The van der Waals surface area contributed by atoms with Gasteiger partial charge in [-0.1, -0.05) is 229 Å². The fraction of sp³-hybridized carbons (Fsp3) is 0.780. The fourth-order valence-electron chi connectivity index (χ4n) is 7.77. The number of hydrogen-bond acceptors (Lipinski definition) is 6. The first-order valence-corrected chi connectivity index (χ1v) is 27.8. The molecule has 0 saturated carbocycles. The Labute approximate surface area is 402 Å². The summed E-state index contributed by atoms with van der Waals surface area (Å²) in [6, 6.07) is 0. The van der Waals surface area contributed by atoms with E-state index in [9.17, 15) is 14.4 Å². The van der Waals surface area contributed by atoms with Crippen molar-refractivity contribution in [1.82, 2.24) is 0 Å². The second-order valence-electron chi connectivity index (χ2n) is 18.5. The first kappa shape index (κ1) is 62.1. The van der Waals surface area contributed by atoms with Crippen LogP contribution in [0.25, 0.3) is 0 Å². The number of rotatable bonds is 50. The third-order valence-corrected chi connectivity index (χ3v) is 12.0. The van der Waals surface area contributed by atoms with Crippen LogP contribution in [0.4, 0.5) is 0 Å². The van der Waals surface area contributed by atoms with Crippen molar-refractivity contribution in [3.63, 3.8) is 0 Å². The molecule has 0 N–H and O–H groups in total. The van der Waals surface area contributed by atoms with Crippen molar-refractivity contribution in [2.45, 2.75) is 284 Å². The highest BCUT2D eigenvalue weighted by Crippen LogP contribution is 2.16. The predicted molar refractivity (Wildman–Crippen MR) is 279 cm³/mol. The van der Waals surface area contributed by atoms with Gasteiger partial charge in [0.1, 0.15) is 13.2 Å². The molecule has 0 aliphatic heterocycles. The SMILES string of the molecule is CCCCC/C=C\C/C=C\C/C=C\C/C=C\CCCCCC(=O)OC[C@@H](COC(=O)CCCCCCC/C=C\CCCCC)OC(=O)CCCCCCCCCCCCCCCCCC. The van der Waals surface area contributed by atoms with E-state index in [1.54, 1.807) is 0 Å². The van der Waals surface area contributed by atoms with Crippen LogP contribution in [0.15, 0.2) is 60.8 Å². The predicted octanol–water partition coefficient (Wildman–Crippen LogP) is 18.4. The molecule has 0 aromatic heterocycles. The first-order chi connectivity index (χ1) is 32.0. The van der Waals surface area contributed by atoms with Gasteiger partial charge in [0.05, 0.1) is 0 Å². The van der Waals surface area contributed by atoms with Gasteiger partial charge in [0.15, 0.2) is 6.10 Å². The summed E-state index contributed by atoms with van der Waals surface area (Å²) in [6.45, 7) is 6.57. The number of unbranched alkanes of at least 4 members (excludes halogenated alkanes) is 29. The zero-order chi connectivity index (χ0) is 47.2. The summed E-state index contributed by atoms with van der Waals surface area (Å²) in [7, 11) is 0. The van der Waals surface area contributed by atoms with Crippen LogP contribution in [0.5, 0.6) is 0 Å². The molecule has 376 valence electrons. The standard InChI is InChI=1S/C59H104O6/c1-4-7-10-13-16-19-22-25-27-29-30-31-33-34-37-40-43-46-49-52-58(61)64-55-56(54-63-57(60)51-48-45-42-39-36-24-21-18-15-12-9-6-3)65-59(62)53-50-47-44-41-38-35-32-28-26-23-20-17-14-11-8-5-2/h16,18-19,21,25,27,30-31,34,37,56H,4-15,17,20,22-24,26,28-29,32-33,35-36,38-55H2,1-3H3/b19-16-,21-18-,27-25-,31-30-,37-34-/t56-/m1/s1. The Hall–Kier alpha value is -2.89. The number of allylic oxidation sites excluding steroid dienone is 10. The van der Waals surface area contributed by atoms with E-state index in [4.69, 9.17) is 14.2 Å². The number of esters is 3. The third-order valence-electron chi connectivity index (χ3n) is 12.0. The summed E-state index contributed by atoms with van der Waals surface area (Å²) < 4.78 is 16.8. The topological polar surface area (TPSA) is 78.9 Å². The van der Waals surface area contributed by atoms with E-state index in [0.717, 1.165) is 89.9 Å². The first-order valence-electron chi connectivity index (χ1n) is 27.8. The van der Waals surface area contributed by atoms with Crippen molar-refractivity contribution >= 4 is 17.9 Å². The maximum Gasteiger partial charge on any atom is 0.306 e. The highest BCUT2D eigenvalue weighted by molar-refractivity contribution is 5.71. The number of hydrogen-bond donors (Lipinski definition) is 0. The Balaban J connectivity index is 4.41. The molecule has 0 amide bonds. The van der Waals surface area contributed by atoms with E-state index in [-0.39, 0.29) is 31.1 Å². The molecule has 0 rings (SSSR count). The summed E-state index contributed by atoms with van der Waals surface area (Å²) in [5.41, 5.74) is 0. The lowest BCUT2D eigenvalue weighted by molar-refractivity contribution is -0.167. The molecule has 6 heteroatoms. The lowest BCUT2D eigenvalue weighted by Gasteiger charge is -2.18. The van der Waals surface area contributed by atoms with Crippen LogP contribution in [0.2, 0.25) is 0 Å². The van der Waals surface area contributed by atoms with E-state index in [0.29, 0.717) is 19.3 Å². The van der Waals surface area contributed by atoms with Gasteiger partial charge in [-0.2, -0.15) is 0 Å². The van der Waals surface area contributed by atoms with E-state index < -0.39 is 6.10 Å². The third kappa shape index (κ3) is 51.9. The largest absolute Gasteiger partial charge is 0.462 e. The number of carbonyl (C=O) groups is 3. The number of carbonyl (C=O) groups excluding carboxylic acids is 3. The zero-order valence-electron chi connectivity index (χ0n) is 43.0. The molecule has 0 aromatic carbocycles. The molecule has 0 fully saturated rings. The molecular weight excluding hydrogens is 805 g/mol. The molecule has 0 spiro atoms. The highest BCUT2D eigenvalue weighted by atomic mass is 16.6. The van der Waals surface area contributed by atoms with Gasteiger partial charge in [0.25, 0.3) is 0 Å². The normalized spacial score (nSPS) is 12.5. The van der Waals surface area contributed by atoms with Crippen molar-refractivity contribution in [1.29, 1.82) is 0 Å². The molecule has 0 bridgehead atoms. The molecule has 0 aromatic rings. The summed E-state index contributed by atoms with van der Waals surface area (Å²) in [5, 5.41) is 0. The minimum Gasteiger partial charge on any atom is -0.462 e. The molecule has 0 aliphatic rings. The Morgan fingerprint density at radius 3 is 0.923 bits per heavy atom. The van der Waals surface area contributed by atoms with E-state index in [1.165, 1.54) is 148 Å². The molecule has 0 aliphatic carbocycles. The van der Waals surface area contributed by atoms with Crippen LogP contribution in [0.1, 0.15) is 278 Å². The van der Waals surface area contributed by atoms with Crippen LogP contribution in [-0.2, 0) is 28.6 Å². The maximum atomic E-state index is 12.8. The average Bonchev–Trinajstić information content (AvgIpc) is 3.30. The number of ether oxygens (including phenoxy) is 3. The fourth-order valence-corrected chi connectivity index (χ4v) is 7.77. The lowest BCUT2D eigenvalue weighted by atomic mass is 10.0. The van der Waals surface area contributed by atoms with Gasteiger partial charge in [-0.25, -0.2) is 0 Å². The van der Waals surface area contributed by atoms with Crippen molar-refractivity contribution < 1.29 is 28.6 Å². The summed E-state index contributed by atoms with van der Waals surface area (Å²) in [6.07, 6.45) is 66.3. The Bertz CT molecular complexity index is 1180. The van der Waals surface area contributed by atoms with E-state index in [1.807, 2.05) is 0 Å². The van der Waals surface area contributed by atoms with Crippen molar-refractivity contribution in [3.8, 4) is 0 Å². The molecular formula is C59H104O6. The van der Waals surface area contributed by atoms with Gasteiger partial charge in [-0.15, -0.1) is 0 Å². The van der Waals surface area contributed by atoms with Gasteiger partial charge in [0, 0.05) is 19.3 Å². The lowest BCUT2D eigenvalue weighted by Crippen LogP contribution is -2.30. The highest BCUT2D eigenvalue weighted by Gasteiger charge is 2.19. The maximum absolute atomic E-state index is 12.8. The minimum atomic E-state index is -0.788. The van der Waals surface area contributed by atoms with Gasteiger partial charge >= 0.3 is 17.9 Å². The minimum absolute atomic E-state index is 0.0868. The van der Waals surface area contributed by atoms with E-state index >= 15 is 0 Å². The second-order valence-corrected chi connectivity index (χ2v) is 18.5. The second kappa shape index (κ2) is 53.7. The van der Waals surface area contributed by atoms with Crippen molar-refractivity contribution in [2.75, 3.05) is 13.2 Å². The molecule has 6 nitrogen and oxygen atoms in total. The molecule has 0 saturated heterocycles. The Kier molecular flexibility index (Phi) is 51.3. The molecule has 1 atom stereocenters. The molecule has 0 radical (unpaired) electrons. The van der Waals surface area contributed by atoms with E-state index in [2.05, 4.69) is 81.5 Å². The summed E-state index contributed by atoms with van der Waals surface area (Å²) >= 11 is 0. The van der Waals surface area contributed by atoms with Gasteiger partial charge < -0.3 is 14.2 Å². The van der Waals surface area contributed by atoms with Crippen LogP contribution in [0.3, 0.4) is 0 Å². The van der Waals surface area contributed by atoms with Gasteiger partial charge in [0.2, 0.25) is 0 Å². The quantitative estimate of drug-likeness (QED) is 0.0262. The summed E-state index contributed by atoms with van der Waals surface area (Å²) in [5.74, 6) is -0.917. The Morgan fingerprint density at radius 2 is 0.554 bits per heavy atom. The molecule has 65 heavy (non-hydrogen) atoms. The van der Waals surface area contributed by atoms with Crippen LogP contribution in [-0.4, -0.2) is 37.2 Å². The average molecular weight is 909 g/mol. The van der Waals surface area contributed by atoms with Gasteiger partial charge in [-0.3, -0.25) is 14.4 Å². The molecule has 0 unspecified atom stereocenters. The van der Waals surface area contributed by atoms with Crippen LogP contribution >= 0.6 is 0 Å². The van der Waals surface area contributed by atoms with Crippen LogP contribution in [0, 0.1) is 0 Å². The zero-order valence-corrected chi connectivity index (χ0v) is 43.0.